The van der Waals surface area contributed by atoms with Crippen LogP contribution in [0.2, 0.25) is 10.0 Å². The SMILES string of the molecule is Nc1cc(Cl)c(Cl)c(C(=O)N2CCC(O)C2)c1. The van der Waals surface area contributed by atoms with Gasteiger partial charge in [0, 0.05) is 18.8 Å². The number of carbonyl (C=O) groups is 1. The number of β-amino-alcohol motifs (C(OH)–C–C–N with tert-alkyl or cyclic N) is 1. The van der Waals surface area contributed by atoms with Gasteiger partial charge in [0.2, 0.25) is 0 Å². The van der Waals surface area contributed by atoms with Gasteiger partial charge < -0.3 is 15.7 Å². The molecule has 0 saturated carbocycles. The molecule has 92 valence electrons. The van der Waals surface area contributed by atoms with E-state index in [1.165, 1.54) is 12.1 Å². The van der Waals surface area contributed by atoms with Crippen LogP contribution in [0.15, 0.2) is 12.1 Å². The Bertz CT molecular complexity index is 465. The second-order valence-electron chi connectivity index (χ2n) is 4.06. The van der Waals surface area contributed by atoms with E-state index >= 15 is 0 Å². The minimum atomic E-state index is -0.464. The first-order valence-electron chi connectivity index (χ1n) is 5.21. The molecule has 1 fully saturated rings. The fourth-order valence-corrected chi connectivity index (χ4v) is 2.28. The number of benzene rings is 1. The molecule has 4 nitrogen and oxygen atoms in total. The quantitative estimate of drug-likeness (QED) is 0.768. The van der Waals surface area contributed by atoms with Gasteiger partial charge >= 0.3 is 0 Å². The Kier molecular flexibility index (Phi) is 3.47. The summed E-state index contributed by atoms with van der Waals surface area (Å²) >= 11 is 11.8. The number of aliphatic hydroxyl groups is 1. The van der Waals surface area contributed by atoms with Crippen molar-refractivity contribution in [3.05, 3.63) is 27.7 Å². The normalized spacial score (nSPS) is 19.7. The zero-order valence-electron chi connectivity index (χ0n) is 8.99. The van der Waals surface area contributed by atoms with Gasteiger partial charge in [-0.25, -0.2) is 0 Å². The highest BCUT2D eigenvalue weighted by Gasteiger charge is 2.27. The topological polar surface area (TPSA) is 66.6 Å². The molecule has 0 spiro atoms. The zero-order valence-corrected chi connectivity index (χ0v) is 10.5. The van der Waals surface area contributed by atoms with Crippen molar-refractivity contribution in [2.45, 2.75) is 12.5 Å². The summed E-state index contributed by atoms with van der Waals surface area (Å²) in [5.41, 5.74) is 6.30. The summed E-state index contributed by atoms with van der Waals surface area (Å²) in [5.74, 6) is -0.249. The Hall–Kier alpha value is -0.970. The Labute approximate surface area is 109 Å². The molecular formula is C11H12Cl2N2O2. The van der Waals surface area contributed by atoms with E-state index in [2.05, 4.69) is 0 Å². The Balaban J connectivity index is 2.31. The van der Waals surface area contributed by atoms with Crippen LogP contribution in [-0.4, -0.2) is 35.1 Å². The van der Waals surface area contributed by atoms with E-state index in [0.29, 0.717) is 25.2 Å². The fraction of sp³-hybridized carbons (Fsp3) is 0.364. The van der Waals surface area contributed by atoms with E-state index < -0.39 is 6.10 Å². The number of rotatable bonds is 1. The third-order valence-corrected chi connectivity index (χ3v) is 3.53. The summed E-state index contributed by atoms with van der Waals surface area (Å²) in [6, 6.07) is 3.00. The fourth-order valence-electron chi connectivity index (χ4n) is 1.86. The Morgan fingerprint density at radius 2 is 2.18 bits per heavy atom. The van der Waals surface area contributed by atoms with Crippen LogP contribution in [0, 0.1) is 0 Å². The smallest absolute Gasteiger partial charge is 0.255 e. The average Bonchev–Trinajstić information content (AvgIpc) is 2.69. The van der Waals surface area contributed by atoms with Crippen molar-refractivity contribution in [1.82, 2.24) is 4.90 Å². The molecule has 0 aliphatic carbocycles. The van der Waals surface area contributed by atoms with Gasteiger partial charge in [0.15, 0.2) is 0 Å². The predicted octanol–water partition coefficient (Wildman–Crippen LogP) is 1.78. The number of nitrogen functional groups attached to an aromatic ring is 1. The lowest BCUT2D eigenvalue weighted by molar-refractivity contribution is 0.0765. The second-order valence-corrected chi connectivity index (χ2v) is 4.84. The number of likely N-dealkylation sites (tertiary alicyclic amines) is 1. The van der Waals surface area contributed by atoms with E-state index in [-0.39, 0.29) is 21.5 Å². The van der Waals surface area contributed by atoms with Gasteiger partial charge in [0.1, 0.15) is 0 Å². The van der Waals surface area contributed by atoms with Gasteiger partial charge in [0.25, 0.3) is 5.91 Å². The first-order valence-corrected chi connectivity index (χ1v) is 5.96. The number of carbonyl (C=O) groups excluding carboxylic acids is 1. The van der Waals surface area contributed by atoms with Crippen molar-refractivity contribution in [3.63, 3.8) is 0 Å². The maximum Gasteiger partial charge on any atom is 0.255 e. The minimum absolute atomic E-state index is 0.201. The predicted molar refractivity (Wildman–Crippen MR) is 67.4 cm³/mol. The van der Waals surface area contributed by atoms with Gasteiger partial charge in [-0.2, -0.15) is 0 Å². The number of aliphatic hydroxyl groups excluding tert-OH is 1. The molecule has 1 saturated heterocycles. The molecule has 0 radical (unpaired) electrons. The summed E-state index contributed by atoms with van der Waals surface area (Å²) < 4.78 is 0. The van der Waals surface area contributed by atoms with E-state index in [4.69, 9.17) is 28.9 Å². The maximum absolute atomic E-state index is 12.1. The van der Waals surface area contributed by atoms with E-state index in [9.17, 15) is 9.90 Å². The van der Waals surface area contributed by atoms with Crippen LogP contribution in [-0.2, 0) is 0 Å². The van der Waals surface area contributed by atoms with E-state index in [1.807, 2.05) is 0 Å². The van der Waals surface area contributed by atoms with Crippen LogP contribution in [0.4, 0.5) is 5.69 Å². The highest BCUT2D eigenvalue weighted by atomic mass is 35.5. The highest BCUT2D eigenvalue weighted by molar-refractivity contribution is 6.44. The lowest BCUT2D eigenvalue weighted by Gasteiger charge is -2.17. The molecule has 1 aromatic rings. The molecule has 6 heteroatoms. The largest absolute Gasteiger partial charge is 0.399 e. The summed E-state index contributed by atoms with van der Waals surface area (Å²) in [7, 11) is 0. The standard InChI is InChI=1S/C11H12Cl2N2O2/c12-9-4-6(14)3-8(10(9)13)11(17)15-2-1-7(16)5-15/h3-4,7,16H,1-2,5,14H2. The summed E-state index contributed by atoms with van der Waals surface area (Å²) in [4.78, 5) is 13.7. The number of hydrogen-bond acceptors (Lipinski definition) is 3. The maximum atomic E-state index is 12.1. The zero-order chi connectivity index (χ0) is 12.6. The number of halogens is 2. The lowest BCUT2D eigenvalue weighted by Crippen LogP contribution is -2.29. The van der Waals surface area contributed by atoms with Crippen LogP contribution in [0.25, 0.3) is 0 Å². The van der Waals surface area contributed by atoms with Crippen LogP contribution in [0.3, 0.4) is 0 Å². The monoisotopic (exact) mass is 274 g/mol. The van der Waals surface area contributed by atoms with Gasteiger partial charge in [-0.15, -0.1) is 0 Å². The molecule has 17 heavy (non-hydrogen) atoms. The van der Waals surface area contributed by atoms with Crippen LogP contribution in [0.5, 0.6) is 0 Å². The minimum Gasteiger partial charge on any atom is -0.399 e. The molecule has 1 aliphatic heterocycles. The molecule has 0 aromatic heterocycles. The van der Waals surface area contributed by atoms with Crippen molar-refractivity contribution in [2.24, 2.45) is 0 Å². The number of nitrogens with zero attached hydrogens (tertiary/aromatic N) is 1. The summed E-state index contributed by atoms with van der Waals surface area (Å²) in [5, 5.41) is 9.86. The van der Waals surface area contributed by atoms with Crippen LogP contribution in [0.1, 0.15) is 16.8 Å². The van der Waals surface area contributed by atoms with Crippen LogP contribution < -0.4 is 5.73 Å². The van der Waals surface area contributed by atoms with Crippen molar-refractivity contribution in [1.29, 1.82) is 0 Å². The molecule has 1 unspecified atom stereocenters. The molecule has 0 bridgehead atoms. The third kappa shape index (κ3) is 2.49. The number of hydrogen-bond donors (Lipinski definition) is 2. The molecule has 3 N–H and O–H groups in total. The summed E-state index contributed by atoms with van der Waals surface area (Å²) in [6.45, 7) is 0.838. The molecule has 2 rings (SSSR count). The number of anilines is 1. The molecule has 1 atom stereocenters. The molecule has 1 aliphatic rings. The van der Waals surface area contributed by atoms with Crippen molar-refractivity contribution >= 4 is 34.8 Å². The van der Waals surface area contributed by atoms with Gasteiger partial charge in [-0.3, -0.25) is 4.79 Å². The van der Waals surface area contributed by atoms with Crippen molar-refractivity contribution < 1.29 is 9.90 Å². The van der Waals surface area contributed by atoms with E-state index in [0.717, 1.165) is 0 Å². The molecule has 1 heterocycles. The van der Waals surface area contributed by atoms with Gasteiger partial charge in [-0.1, -0.05) is 23.2 Å². The molecule has 1 amide bonds. The summed E-state index contributed by atoms with van der Waals surface area (Å²) in [6.07, 6.45) is 0.119. The van der Waals surface area contributed by atoms with Crippen LogP contribution >= 0.6 is 23.2 Å². The lowest BCUT2D eigenvalue weighted by atomic mass is 10.1. The first-order chi connectivity index (χ1) is 7.99. The third-order valence-electron chi connectivity index (χ3n) is 2.73. The van der Waals surface area contributed by atoms with Crippen molar-refractivity contribution in [3.8, 4) is 0 Å². The highest BCUT2D eigenvalue weighted by Crippen LogP contribution is 2.30. The number of nitrogens with two attached hydrogens (primary N) is 1. The first kappa shape index (κ1) is 12.5. The molecule has 1 aromatic carbocycles. The van der Waals surface area contributed by atoms with Gasteiger partial charge in [0.05, 0.1) is 21.7 Å². The second kappa shape index (κ2) is 4.72. The Morgan fingerprint density at radius 1 is 1.47 bits per heavy atom. The Morgan fingerprint density at radius 3 is 2.76 bits per heavy atom. The van der Waals surface area contributed by atoms with Crippen molar-refractivity contribution in [2.75, 3.05) is 18.8 Å². The van der Waals surface area contributed by atoms with E-state index in [1.54, 1.807) is 4.90 Å². The average molecular weight is 275 g/mol. The number of amides is 1. The molecular weight excluding hydrogens is 263 g/mol. The van der Waals surface area contributed by atoms with Gasteiger partial charge in [-0.05, 0) is 18.6 Å².